The number of aliphatic imine (C=N–C) groups is 1. The number of carbonyl (C=O) groups is 1. The van der Waals surface area contributed by atoms with Crippen LogP contribution in [0.15, 0.2) is 29.3 Å². The Morgan fingerprint density at radius 3 is 2.85 bits per heavy atom. The first kappa shape index (κ1) is 20.4. The van der Waals surface area contributed by atoms with Gasteiger partial charge in [-0.3, -0.25) is 9.00 Å². The van der Waals surface area contributed by atoms with Crippen LogP contribution >= 0.6 is 0 Å². The highest BCUT2D eigenvalue weighted by atomic mass is 32.2. The molecule has 4 N–H and O–H groups in total. The van der Waals surface area contributed by atoms with E-state index in [9.17, 15) is 9.00 Å². The summed E-state index contributed by atoms with van der Waals surface area (Å²) in [5.74, 6) is 1.05. The number of nitrogens with two attached hydrogens (primary N) is 1. The van der Waals surface area contributed by atoms with Crippen LogP contribution in [0.2, 0.25) is 0 Å². The van der Waals surface area contributed by atoms with Crippen LogP contribution in [0.5, 0.6) is 0 Å². The molecule has 1 aromatic rings. The molecule has 0 aliphatic heterocycles. The third-order valence-corrected chi connectivity index (χ3v) is 6.34. The lowest BCUT2D eigenvalue weighted by Crippen LogP contribution is -2.46. The Morgan fingerprint density at radius 2 is 2.15 bits per heavy atom. The average molecular weight is 379 g/mol. The molecule has 3 unspecified atom stereocenters. The zero-order valence-corrected chi connectivity index (χ0v) is 16.5. The molecular formula is C19H30N4O2S. The van der Waals surface area contributed by atoms with Gasteiger partial charge in [0.25, 0.3) is 0 Å². The van der Waals surface area contributed by atoms with Gasteiger partial charge in [-0.2, -0.15) is 0 Å². The number of nitrogens with one attached hydrogen (secondary N) is 2. The molecule has 6 nitrogen and oxygen atoms in total. The number of carbonyl (C=O) groups excluding carboxylic acids is 1. The number of hydrogen-bond donors (Lipinski definition) is 3. The molecule has 2 rings (SSSR count). The standard InChI is InChI=1S/C19H30N4O2S/c1-3-21-19(22-13-14-7-5-8-15(11-14)18(20)24)23-16-9-6-10-17(12-16)26(25)4-2/h5,7-8,11,16-17H,3-4,6,9-10,12-13H2,1-2H3,(H2,20,24)(H2,21,22,23). The predicted octanol–water partition coefficient (Wildman–Crippen LogP) is 1.92. The number of guanidine groups is 1. The molecule has 26 heavy (non-hydrogen) atoms. The van der Waals surface area contributed by atoms with Gasteiger partial charge in [0, 0.05) is 40.0 Å². The van der Waals surface area contributed by atoms with E-state index in [1.807, 2.05) is 26.0 Å². The van der Waals surface area contributed by atoms with Crippen LogP contribution in [0, 0.1) is 0 Å². The average Bonchev–Trinajstić information content (AvgIpc) is 2.66. The Bertz CT molecular complexity index is 663. The van der Waals surface area contributed by atoms with E-state index in [2.05, 4.69) is 15.6 Å². The quantitative estimate of drug-likeness (QED) is 0.499. The van der Waals surface area contributed by atoms with Crippen LogP contribution in [0.4, 0.5) is 0 Å². The fourth-order valence-corrected chi connectivity index (χ4v) is 4.61. The predicted molar refractivity (Wildman–Crippen MR) is 108 cm³/mol. The summed E-state index contributed by atoms with van der Waals surface area (Å²) in [7, 11) is -0.737. The first-order chi connectivity index (χ1) is 12.5. The van der Waals surface area contributed by atoms with Gasteiger partial charge in [-0.1, -0.05) is 25.5 Å². The van der Waals surface area contributed by atoms with E-state index >= 15 is 0 Å². The summed E-state index contributed by atoms with van der Waals surface area (Å²) in [5.41, 5.74) is 6.76. The van der Waals surface area contributed by atoms with Gasteiger partial charge in [-0.15, -0.1) is 0 Å². The topological polar surface area (TPSA) is 96.6 Å². The molecule has 1 amide bonds. The van der Waals surface area contributed by atoms with Crippen molar-refractivity contribution in [2.45, 2.75) is 57.4 Å². The third-order valence-electron chi connectivity index (χ3n) is 4.60. The second-order valence-electron chi connectivity index (χ2n) is 6.56. The highest BCUT2D eigenvalue weighted by Crippen LogP contribution is 2.23. The fourth-order valence-electron chi connectivity index (χ4n) is 3.26. The summed E-state index contributed by atoms with van der Waals surface area (Å²) in [6, 6.07) is 7.52. The number of nitrogens with zero attached hydrogens (tertiary/aromatic N) is 1. The Hall–Kier alpha value is -1.89. The van der Waals surface area contributed by atoms with Gasteiger partial charge in [-0.05, 0) is 43.9 Å². The minimum absolute atomic E-state index is 0.279. The maximum absolute atomic E-state index is 12.1. The van der Waals surface area contributed by atoms with Crippen molar-refractivity contribution < 1.29 is 9.00 Å². The number of benzene rings is 1. The van der Waals surface area contributed by atoms with Crippen molar-refractivity contribution in [2.75, 3.05) is 12.3 Å². The summed E-state index contributed by atoms with van der Waals surface area (Å²) in [6.45, 7) is 5.25. The molecule has 0 bridgehead atoms. The van der Waals surface area contributed by atoms with Gasteiger partial charge in [-0.25, -0.2) is 4.99 Å². The van der Waals surface area contributed by atoms with E-state index in [1.165, 1.54) is 0 Å². The molecule has 0 radical (unpaired) electrons. The largest absolute Gasteiger partial charge is 0.366 e. The molecular weight excluding hydrogens is 348 g/mol. The molecule has 1 saturated carbocycles. The highest BCUT2D eigenvalue weighted by Gasteiger charge is 2.26. The van der Waals surface area contributed by atoms with Crippen molar-refractivity contribution >= 4 is 22.7 Å². The minimum Gasteiger partial charge on any atom is -0.366 e. The summed E-state index contributed by atoms with van der Waals surface area (Å²) < 4.78 is 12.1. The first-order valence-corrected chi connectivity index (χ1v) is 10.7. The maximum atomic E-state index is 12.1. The minimum atomic E-state index is -0.737. The third kappa shape index (κ3) is 6.12. The second-order valence-corrected chi connectivity index (χ2v) is 8.56. The molecule has 3 atom stereocenters. The van der Waals surface area contributed by atoms with Gasteiger partial charge in [0.1, 0.15) is 0 Å². The molecule has 1 aliphatic rings. The lowest BCUT2D eigenvalue weighted by Gasteiger charge is -2.30. The van der Waals surface area contributed by atoms with E-state index in [0.717, 1.165) is 49.5 Å². The summed E-state index contributed by atoms with van der Waals surface area (Å²) in [5, 5.41) is 7.03. The fraction of sp³-hybridized carbons (Fsp3) is 0.579. The Kier molecular flexibility index (Phi) is 8.09. The van der Waals surface area contributed by atoms with Crippen LogP contribution in [-0.4, -0.2) is 39.7 Å². The maximum Gasteiger partial charge on any atom is 0.248 e. The van der Waals surface area contributed by atoms with Gasteiger partial charge < -0.3 is 16.4 Å². The Labute approximate surface area is 158 Å². The van der Waals surface area contributed by atoms with Crippen molar-refractivity contribution in [3.63, 3.8) is 0 Å². The van der Waals surface area contributed by atoms with Crippen molar-refractivity contribution in [1.82, 2.24) is 10.6 Å². The first-order valence-electron chi connectivity index (χ1n) is 9.34. The van der Waals surface area contributed by atoms with Gasteiger partial charge in [0.15, 0.2) is 5.96 Å². The van der Waals surface area contributed by atoms with E-state index in [0.29, 0.717) is 18.2 Å². The molecule has 7 heteroatoms. The summed E-state index contributed by atoms with van der Waals surface area (Å²) >= 11 is 0. The van der Waals surface area contributed by atoms with Crippen molar-refractivity contribution in [3.8, 4) is 0 Å². The van der Waals surface area contributed by atoms with Gasteiger partial charge >= 0.3 is 0 Å². The van der Waals surface area contributed by atoms with Crippen LogP contribution in [-0.2, 0) is 17.3 Å². The monoisotopic (exact) mass is 378 g/mol. The highest BCUT2D eigenvalue weighted by molar-refractivity contribution is 7.85. The molecule has 1 fully saturated rings. The SMILES string of the molecule is CCNC(=NCc1cccc(C(N)=O)c1)NC1CCCC(S(=O)CC)C1. The molecule has 144 valence electrons. The lowest BCUT2D eigenvalue weighted by molar-refractivity contribution is 0.1000. The molecule has 1 aromatic carbocycles. The van der Waals surface area contributed by atoms with Crippen molar-refractivity contribution in [2.24, 2.45) is 10.7 Å². The van der Waals surface area contributed by atoms with Crippen molar-refractivity contribution in [3.05, 3.63) is 35.4 Å². The summed E-state index contributed by atoms with van der Waals surface area (Å²) in [4.78, 5) is 15.9. The number of hydrogen-bond acceptors (Lipinski definition) is 3. The van der Waals surface area contributed by atoms with Gasteiger partial charge in [0.2, 0.25) is 5.91 Å². The van der Waals surface area contributed by atoms with Crippen LogP contribution in [0.25, 0.3) is 0 Å². The van der Waals surface area contributed by atoms with Gasteiger partial charge in [0.05, 0.1) is 6.54 Å². The molecule has 0 heterocycles. The van der Waals surface area contributed by atoms with Crippen molar-refractivity contribution in [1.29, 1.82) is 0 Å². The number of rotatable bonds is 7. The molecule has 0 aromatic heterocycles. The summed E-state index contributed by atoms with van der Waals surface area (Å²) in [6.07, 6.45) is 4.13. The van der Waals surface area contributed by atoms with Crippen LogP contribution < -0.4 is 16.4 Å². The number of amides is 1. The van der Waals surface area contributed by atoms with E-state index in [-0.39, 0.29) is 5.25 Å². The van der Waals surface area contributed by atoms with E-state index in [1.54, 1.807) is 12.1 Å². The molecule has 1 aliphatic carbocycles. The van der Waals surface area contributed by atoms with E-state index in [4.69, 9.17) is 5.73 Å². The molecule has 0 saturated heterocycles. The Balaban J connectivity index is 2.01. The van der Waals surface area contributed by atoms with Crippen LogP contribution in [0.1, 0.15) is 55.5 Å². The zero-order valence-electron chi connectivity index (χ0n) is 15.7. The number of primary amides is 1. The molecule has 0 spiro atoms. The second kappa shape index (κ2) is 10.3. The Morgan fingerprint density at radius 1 is 1.35 bits per heavy atom. The lowest BCUT2D eigenvalue weighted by atomic mass is 9.95. The normalized spacial score (nSPS) is 21.8. The smallest absolute Gasteiger partial charge is 0.248 e. The zero-order chi connectivity index (χ0) is 18.9. The van der Waals surface area contributed by atoms with E-state index < -0.39 is 16.7 Å². The van der Waals surface area contributed by atoms with Crippen LogP contribution in [0.3, 0.4) is 0 Å².